The third-order valence-corrected chi connectivity index (χ3v) is 2.34. The summed E-state index contributed by atoms with van der Waals surface area (Å²) in [4.78, 5) is 15.6. The third kappa shape index (κ3) is 2.27. The summed E-state index contributed by atoms with van der Waals surface area (Å²) in [5, 5.41) is 9.60. The molecule has 1 N–H and O–H groups in total. The summed E-state index contributed by atoms with van der Waals surface area (Å²) in [7, 11) is 0. The quantitative estimate of drug-likeness (QED) is 0.761. The van der Waals surface area contributed by atoms with Crippen molar-refractivity contribution in [3.63, 3.8) is 0 Å². The lowest BCUT2D eigenvalue weighted by Crippen LogP contribution is -2.01. The first-order chi connectivity index (χ1) is 7.15. The van der Waals surface area contributed by atoms with Gasteiger partial charge in [-0.3, -0.25) is 9.78 Å². The second-order valence-corrected chi connectivity index (χ2v) is 3.77. The van der Waals surface area contributed by atoms with Gasteiger partial charge < -0.3 is 5.11 Å². The van der Waals surface area contributed by atoms with E-state index in [9.17, 15) is 4.79 Å². The number of hydrogen-bond donors (Lipinski definition) is 2. The van der Waals surface area contributed by atoms with E-state index in [1.54, 1.807) is 6.07 Å². The first-order valence-electron chi connectivity index (χ1n) is 4.45. The van der Waals surface area contributed by atoms with Gasteiger partial charge in [-0.1, -0.05) is 6.07 Å². The Hall–Kier alpha value is -1.55. The van der Waals surface area contributed by atoms with Crippen LogP contribution in [0.25, 0.3) is 10.9 Å². The Morgan fingerprint density at radius 2 is 2.13 bits per heavy atom. The number of aliphatic carboxylic acids is 1. The molecule has 2 rings (SSSR count). The van der Waals surface area contributed by atoms with Crippen molar-refractivity contribution in [3.8, 4) is 0 Å². The van der Waals surface area contributed by atoms with Gasteiger partial charge in [0, 0.05) is 10.3 Å². The Balaban J connectivity index is 2.47. The zero-order valence-corrected chi connectivity index (χ0v) is 8.74. The lowest BCUT2D eigenvalue weighted by atomic mass is 10.2. The van der Waals surface area contributed by atoms with Crippen LogP contribution in [-0.4, -0.2) is 16.1 Å². The van der Waals surface area contributed by atoms with Gasteiger partial charge in [-0.15, -0.1) is 12.6 Å². The number of carbonyl (C=O) groups is 1. The van der Waals surface area contributed by atoms with E-state index in [-0.39, 0.29) is 6.42 Å². The molecule has 0 amide bonds. The zero-order chi connectivity index (χ0) is 10.8. The molecular weight excluding hydrogens is 210 g/mol. The van der Waals surface area contributed by atoms with Crippen molar-refractivity contribution in [3.05, 3.63) is 36.0 Å². The zero-order valence-electron chi connectivity index (χ0n) is 7.84. The number of thiol groups is 1. The topological polar surface area (TPSA) is 50.2 Å². The van der Waals surface area contributed by atoms with Gasteiger partial charge in [0.15, 0.2) is 0 Å². The highest BCUT2D eigenvalue weighted by molar-refractivity contribution is 7.80. The number of rotatable bonds is 2. The molecule has 0 fully saturated rings. The molecule has 0 saturated carbocycles. The van der Waals surface area contributed by atoms with Crippen LogP contribution in [0.1, 0.15) is 5.69 Å². The molecule has 2 aromatic rings. The van der Waals surface area contributed by atoms with Crippen LogP contribution < -0.4 is 0 Å². The summed E-state index contributed by atoms with van der Waals surface area (Å²) in [6.45, 7) is 0. The molecule has 3 nitrogen and oxygen atoms in total. The molecule has 0 atom stereocenters. The highest BCUT2D eigenvalue weighted by Crippen LogP contribution is 2.17. The van der Waals surface area contributed by atoms with Crippen molar-refractivity contribution in [2.24, 2.45) is 0 Å². The average molecular weight is 219 g/mol. The number of aromatic nitrogens is 1. The van der Waals surface area contributed by atoms with Crippen molar-refractivity contribution in [2.45, 2.75) is 11.3 Å². The van der Waals surface area contributed by atoms with Gasteiger partial charge in [0.2, 0.25) is 0 Å². The molecule has 0 saturated heterocycles. The highest BCUT2D eigenvalue weighted by Gasteiger charge is 2.03. The van der Waals surface area contributed by atoms with E-state index in [2.05, 4.69) is 17.6 Å². The molecule has 1 aromatic heterocycles. The molecule has 0 spiro atoms. The lowest BCUT2D eigenvalue weighted by Gasteiger charge is -2.01. The minimum atomic E-state index is -0.868. The van der Waals surface area contributed by atoms with Crippen molar-refractivity contribution >= 4 is 29.5 Å². The molecule has 15 heavy (non-hydrogen) atoms. The molecular formula is C11H9NO2S. The Kier molecular flexibility index (Phi) is 2.60. The number of carboxylic acid groups (broad SMARTS) is 1. The van der Waals surface area contributed by atoms with E-state index >= 15 is 0 Å². The lowest BCUT2D eigenvalue weighted by molar-refractivity contribution is -0.136. The van der Waals surface area contributed by atoms with Crippen LogP contribution >= 0.6 is 12.6 Å². The summed E-state index contributed by atoms with van der Waals surface area (Å²) >= 11 is 4.22. The summed E-state index contributed by atoms with van der Waals surface area (Å²) in [5.41, 5.74) is 1.37. The summed E-state index contributed by atoms with van der Waals surface area (Å²) in [6.07, 6.45) is -0.0431. The number of hydrogen-bond acceptors (Lipinski definition) is 3. The third-order valence-electron chi connectivity index (χ3n) is 2.06. The molecule has 1 heterocycles. The number of pyridine rings is 1. The summed E-state index contributed by atoms with van der Waals surface area (Å²) in [6, 6.07) is 9.16. The van der Waals surface area contributed by atoms with Crippen molar-refractivity contribution in [1.29, 1.82) is 0 Å². The van der Waals surface area contributed by atoms with Crippen LogP contribution in [0, 0.1) is 0 Å². The Labute approximate surface area is 92.2 Å². The molecule has 0 aliphatic carbocycles. The fourth-order valence-corrected chi connectivity index (χ4v) is 1.62. The van der Waals surface area contributed by atoms with E-state index in [0.717, 1.165) is 15.8 Å². The molecule has 0 bridgehead atoms. The number of nitrogens with zero attached hydrogens (tertiary/aromatic N) is 1. The van der Waals surface area contributed by atoms with E-state index in [0.29, 0.717) is 5.69 Å². The van der Waals surface area contributed by atoms with Crippen molar-refractivity contribution in [2.75, 3.05) is 0 Å². The maximum Gasteiger partial charge on any atom is 0.309 e. The van der Waals surface area contributed by atoms with Crippen LogP contribution in [0.2, 0.25) is 0 Å². The minimum absolute atomic E-state index is 0.0431. The van der Waals surface area contributed by atoms with E-state index in [4.69, 9.17) is 5.11 Å². The summed E-state index contributed by atoms with van der Waals surface area (Å²) in [5.74, 6) is -0.868. The molecule has 0 unspecified atom stereocenters. The summed E-state index contributed by atoms with van der Waals surface area (Å²) < 4.78 is 0. The van der Waals surface area contributed by atoms with E-state index < -0.39 is 5.97 Å². The van der Waals surface area contributed by atoms with Crippen LogP contribution in [0.15, 0.2) is 35.2 Å². The van der Waals surface area contributed by atoms with Crippen molar-refractivity contribution < 1.29 is 9.90 Å². The molecule has 4 heteroatoms. The second kappa shape index (κ2) is 3.90. The molecule has 1 aromatic carbocycles. The first kappa shape index (κ1) is 9.98. The Morgan fingerprint density at radius 1 is 1.33 bits per heavy atom. The maximum atomic E-state index is 10.5. The molecule has 0 radical (unpaired) electrons. The molecule has 0 aliphatic heterocycles. The van der Waals surface area contributed by atoms with Gasteiger partial charge in [0.25, 0.3) is 0 Å². The van der Waals surface area contributed by atoms with E-state index in [1.165, 1.54) is 0 Å². The Morgan fingerprint density at radius 3 is 2.87 bits per heavy atom. The number of benzene rings is 1. The fraction of sp³-hybridized carbons (Fsp3) is 0.0909. The maximum absolute atomic E-state index is 10.5. The van der Waals surface area contributed by atoms with Crippen LogP contribution in [0.5, 0.6) is 0 Å². The largest absolute Gasteiger partial charge is 0.481 e. The fourth-order valence-electron chi connectivity index (χ4n) is 1.41. The minimum Gasteiger partial charge on any atom is -0.481 e. The molecule has 76 valence electrons. The predicted octanol–water partition coefficient (Wildman–Crippen LogP) is 2.15. The first-order valence-corrected chi connectivity index (χ1v) is 4.90. The average Bonchev–Trinajstić information content (AvgIpc) is 2.17. The van der Waals surface area contributed by atoms with Crippen LogP contribution in [0.3, 0.4) is 0 Å². The highest BCUT2D eigenvalue weighted by atomic mass is 32.1. The van der Waals surface area contributed by atoms with Gasteiger partial charge in [0.1, 0.15) is 0 Å². The second-order valence-electron chi connectivity index (χ2n) is 3.25. The van der Waals surface area contributed by atoms with Gasteiger partial charge in [-0.25, -0.2) is 0 Å². The van der Waals surface area contributed by atoms with Gasteiger partial charge >= 0.3 is 5.97 Å². The smallest absolute Gasteiger partial charge is 0.309 e. The number of carboxylic acids is 1. The normalized spacial score (nSPS) is 10.5. The van der Waals surface area contributed by atoms with Gasteiger partial charge in [0.05, 0.1) is 17.6 Å². The van der Waals surface area contributed by atoms with E-state index in [1.807, 2.05) is 24.3 Å². The van der Waals surface area contributed by atoms with Crippen LogP contribution in [0.4, 0.5) is 0 Å². The number of fused-ring (bicyclic) bond motifs is 1. The Bertz CT molecular complexity index is 525. The van der Waals surface area contributed by atoms with Crippen molar-refractivity contribution in [1.82, 2.24) is 4.98 Å². The SMILES string of the molecule is O=C(O)Cc1ccc2cc(S)ccc2n1. The van der Waals surface area contributed by atoms with Gasteiger partial charge in [-0.2, -0.15) is 0 Å². The predicted molar refractivity (Wildman–Crippen MR) is 60.3 cm³/mol. The van der Waals surface area contributed by atoms with Gasteiger partial charge in [-0.05, 0) is 24.3 Å². The standard InChI is InChI=1S/C11H9NO2S/c13-11(14)6-8-2-1-7-5-9(15)3-4-10(7)12-8/h1-5,15H,6H2,(H,13,14). The monoisotopic (exact) mass is 219 g/mol. The van der Waals surface area contributed by atoms with Crippen LogP contribution in [-0.2, 0) is 11.2 Å². The molecule has 0 aliphatic rings.